The first kappa shape index (κ1) is 13.9. The van der Waals surface area contributed by atoms with Crippen LogP contribution in [0.2, 0.25) is 0 Å². The van der Waals surface area contributed by atoms with Crippen LogP contribution in [0.3, 0.4) is 0 Å². The topological polar surface area (TPSA) is 35.2 Å². The number of methoxy groups -OCH3 is 1. The van der Waals surface area contributed by atoms with Crippen LogP contribution in [0.15, 0.2) is 45.1 Å². The molecule has 2 N–H and O–H groups in total. The Bertz CT molecular complexity index is 515. The second-order valence-electron chi connectivity index (χ2n) is 3.66. The first-order chi connectivity index (χ1) is 8.74. The molecule has 1 heterocycles. The van der Waals surface area contributed by atoms with Gasteiger partial charge < -0.3 is 10.5 Å². The van der Waals surface area contributed by atoms with E-state index in [-0.39, 0.29) is 5.25 Å². The van der Waals surface area contributed by atoms with E-state index in [1.165, 1.54) is 4.88 Å². The number of thiophene rings is 1. The van der Waals surface area contributed by atoms with E-state index in [0.29, 0.717) is 6.54 Å². The van der Waals surface area contributed by atoms with E-state index in [4.69, 9.17) is 10.5 Å². The Kier molecular flexibility index (Phi) is 5.12. The van der Waals surface area contributed by atoms with Crippen molar-refractivity contribution in [3.05, 3.63) is 45.1 Å². The van der Waals surface area contributed by atoms with Gasteiger partial charge in [0.15, 0.2) is 0 Å². The Morgan fingerprint density at radius 2 is 2.22 bits per heavy atom. The number of thioether (sulfide) groups is 1. The summed E-state index contributed by atoms with van der Waals surface area (Å²) in [7, 11) is 1.69. The molecular weight excluding hydrogens is 330 g/mol. The fourth-order valence-electron chi connectivity index (χ4n) is 1.59. The van der Waals surface area contributed by atoms with Crippen molar-refractivity contribution >= 4 is 39.0 Å². The second-order valence-corrected chi connectivity index (χ2v) is 6.76. The molecule has 1 aromatic heterocycles. The van der Waals surface area contributed by atoms with Crippen molar-refractivity contribution < 1.29 is 4.74 Å². The van der Waals surface area contributed by atoms with Crippen molar-refractivity contribution in [3.63, 3.8) is 0 Å². The van der Waals surface area contributed by atoms with Crippen LogP contribution in [0.25, 0.3) is 0 Å². The van der Waals surface area contributed by atoms with Crippen LogP contribution >= 0.6 is 39.0 Å². The average Bonchev–Trinajstić information content (AvgIpc) is 2.83. The van der Waals surface area contributed by atoms with E-state index in [1.54, 1.807) is 30.2 Å². The summed E-state index contributed by atoms with van der Waals surface area (Å²) >= 11 is 6.95. The molecule has 0 saturated carbocycles. The number of halogens is 1. The van der Waals surface area contributed by atoms with E-state index in [9.17, 15) is 0 Å². The molecule has 0 aliphatic heterocycles. The fourth-order valence-corrected chi connectivity index (χ4v) is 4.35. The van der Waals surface area contributed by atoms with E-state index in [1.807, 2.05) is 18.2 Å². The van der Waals surface area contributed by atoms with Crippen molar-refractivity contribution in [2.75, 3.05) is 13.7 Å². The van der Waals surface area contributed by atoms with Gasteiger partial charge in [-0.3, -0.25) is 0 Å². The number of hydrogen-bond acceptors (Lipinski definition) is 4. The maximum Gasteiger partial charge on any atom is 0.132 e. The Morgan fingerprint density at radius 3 is 2.83 bits per heavy atom. The lowest BCUT2D eigenvalue weighted by Gasteiger charge is -2.14. The highest BCUT2D eigenvalue weighted by atomic mass is 79.9. The minimum Gasteiger partial charge on any atom is -0.496 e. The highest BCUT2D eigenvalue weighted by Gasteiger charge is 2.15. The van der Waals surface area contributed by atoms with Crippen LogP contribution < -0.4 is 10.5 Å². The summed E-state index contributed by atoms with van der Waals surface area (Å²) in [6, 6.07) is 10.2. The molecule has 0 radical (unpaired) electrons. The molecule has 1 aromatic carbocycles. The van der Waals surface area contributed by atoms with Crippen molar-refractivity contribution in [2.24, 2.45) is 5.73 Å². The van der Waals surface area contributed by atoms with Crippen molar-refractivity contribution in [2.45, 2.75) is 10.1 Å². The molecule has 1 atom stereocenters. The van der Waals surface area contributed by atoms with E-state index in [0.717, 1.165) is 15.1 Å². The minimum absolute atomic E-state index is 0.262. The Balaban J connectivity index is 2.20. The van der Waals surface area contributed by atoms with Gasteiger partial charge in [0.25, 0.3) is 0 Å². The van der Waals surface area contributed by atoms with Gasteiger partial charge in [0.2, 0.25) is 0 Å². The third kappa shape index (κ3) is 3.29. The summed E-state index contributed by atoms with van der Waals surface area (Å²) in [5, 5.41) is 2.35. The van der Waals surface area contributed by atoms with Crippen molar-refractivity contribution in [3.8, 4) is 5.75 Å². The molecule has 0 bridgehead atoms. The molecule has 1 unspecified atom stereocenters. The van der Waals surface area contributed by atoms with E-state index in [2.05, 4.69) is 33.4 Å². The Morgan fingerprint density at radius 1 is 1.44 bits per heavy atom. The lowest BCUT2D eigenvalue weighted by atomic mass is 10.3. The third-order valence-electron chi connectivity index (χ3n) is 2.46. The number of rotatable bonds is 5. The monoisotopic (exact) mass is 343 g/mol. The van der Waals surface area contributed by atoms with Crippen molar-refractivity contribution in [1.82, 2.24) is 0 Å². The first-order valence-electron chi connectivity index (χ1n) is 5.48. The Hall–Kier alpha value is -0.490. The normalized spacial score (nSPS) is 12.4. The summed E-state index contributed by atoms with van der Waals surface area (Å²) in [6.07, 6.45) is 0. The molecule has 5 heteroatoms. The van der Waals surface area contributed by atoms with Crippen molar-refractivity contribution in [1.29, 1.82) is 0 Å². The highest BCUT2D eigenvalue weighted by Crippen LogP contribution is 2.41. The maximum atomic E-state index is 5.88. The summed E-state index contributed by atoms with van der Waals surface area (Å²) in [4.78, 5) is 2.40. The van der Waals surface area contributed by atoms with E-state index < -0.39 is 0 Å². The van der Waals surface area contributed by atoms with Crippen LogP contribution in [-0.2, 0) is 0 Å². The number of benzene rings is 1. The zero-order chi connectivity index (χ0) is 13.0. The lowest BCUT2D eigenvalue weighted by Crippen LogP contribution is -2.08. The average molecular weight is 344 g/mol. The van der Waals surface area contributed by atoms with Gasteiger partial charge >= 0.3 is 0 Å². The molecular formula is C13H14BrNOS2. The zero-order valence-electron chi connectivity index (χ0n) is 9.93. The largest absolute Gasteiger partial charge is 0.496 e. The van der Waals surface area contributed by atoms with Gasteiger partial charge in [-0.15, -0.1) is 23.1 Å². The molecule has 0 fully saturated rings. The fraction of sp³-hybridized carbons (Fsp3) is 0.231. The number of nitrogens with two attached hydrogens (primary N) is 1. The molecule has 0 aliphatic carbocycles. The number of para-hydroxylation sites is 1. The molecule has 2 nitrogen and oxygen atoms in total. The first-order valence-corrected chi connectivity index (χ1v) is 8.03. The zero-order valence-corrected chi connectivity index (χ0v) is 13.1. The van der Waals surface area contributed by atoms with Crippen LogP contribution in [0.4, 0.5) is 0 Å². The summed E-state index contributed by atoms with van der Waals surface area (Å²) < 4.78 is 6.48. The number of ether oxygens (including phenoxy) is 1. The lowest BCUT2D eigenvalue weighted by molar-refractivity contribution is 0.405. The Labute approximate surface area is 124 Å². The summed E-state index contributed by atoms with van der Waals surface area (Å²) in [5.41, 5.74) is 5.88. The summed E-state index contributed by atoms with van der Waals surface area (Å²) in [6.45, 7) is 0.607. The maximum absolute atomic E-state index is 5.88. The molecule has 0 saturated heterocycles. The smallest absolute Gasteiger partial charge is 0.132 e. The third-order valence-corrected chi connectivity index (χ3v) is 5.74. The van der Waals surface area contributed by atoms with Gasteiger partial charge in [0.05, 0.1) is 17.3 Å². The second kappa shape index (κ2) is 6.61. The predicted molar refractivity (Wildman–Crippen MR) is 82.7 cm³/mol. The molecule has 0 spiro atoms. The molecule has 0 amide bonds. The van der Waals surface area contributed by atoms with E-state index >= 15 is 0 Å². The molecule has 0 aliphatic rings. The van der Waals surface area contributed by atoms with Gasteiger partial charge in [-0.2, -0.15) is 0 Å². The SMILES string of the molecule is COc1ccccc1SC(CN)c1cc(Br)cs1. The molecule has 18 heavy (non-hydrogen) atoms. The van der Waals surface area contributed by atoms with Crippen LogP contribution in [-0.4, -0.2) is 13.7 Å². The standard InChI is InChI=1S/C13H14BrNOS2/c1-16-10-4-2-3-5-11(10)18-13(7-15)12-6-9(14)8-17-12/h2-6,8,13H,7,15H2,1H3. The van der Waals surface area contributed by atoms with Crippen LogP contribution in [0.5, 0.6) is 5.75 Å². The van der Waals surface area contributed by atoms with Gasteiger partial charge in [-0.25, -0.2) is 0 Å². The summed E-state index contributed by atoms with van der Waals surface area (Å²) in [5.74, 6) is 0.900. The highest BCUT2D eigenvalue weighted by molar-refractivity contribution is 9.10. The quantitative estimate of drug-likeness (QED) is 0.821. The van der Waals surface area contributed by atoms with Gasteiger partial charge in [-0.05, 0) is 34.1 Å². The van der Waals surface area contributed by atoms with Gasteiger partial charge in [-0.1, -0.05) is 12.1 Å². The van der Waals surface area contributed by atoms with Crippen LogP contribution in [0.1, 0.15) is 10.1 Å². The van der Waals surface area contributed by atoms with Gasteiger partial charge in [0.1, 0.15) is 5.75 Å². The minimum atomic E-state index is 0.262. The van der Waals surface area contributed by atoms with Crippen LogP contribution in [0, 0.1) is 0 Å². The predicted octanol–water partition coefficient (Wildman–Crippen LogP) is 4.31. The van der Waals surface area contributed by atoms with Gasteiger partial charge in [0, 0.05) is 21.3 Å². The molecule has 2 aromatic rings. The molecule has 96 valence electrons. The molecule has 2 rings (SSSR count). The number of hydrogen-bond donors (Lipinski definition) is 1.